The van der Waals surface area contributed by atoms with E-state index >= 15 is 0 Å². The number of rotatable bonds is 7. The zero-order valence-corrected chi connectivity index (χ0v) is 16.4. The minimum absolute atomic E-state index is 0.530. The Kier molecular flexibility index (Phi) is 8.20. The standard InChI is InChI=1S/C22H34N2O/c1-18(2)24(19(3)4)15-16-25-23-22-14-10-6-9-13-21(22)17-20-11-7-5-8-12-20/h5,7-8,11-12,17-19H,6,9-10,13-16H2,1-4H3/b21-17+,23-22?. The van der Waals surface area contributed by atoms with Crippen LogP contribution in [0.3, 0.4) is 0 Å². The molecule has 0 N–H and O–H groups in total. The number of benzene rings is 1. The summed E-state index contributed by atoms with van der Waals surface area (Å²) in [5, 5.41) is 4.53. The van der Waals surface area contributed by atoms with Crippen LogP contribution in [0.5, 0.6) is 0 Å². The Bertz CT molecular complexity index is 553. The molecule has 1 aromatic carbocycles. The lowest BCUT2D eigenvalue weighted by Crippen LogP contribution is -2.39. The molecule has 0 heterocycles. The molecule has 0 unspecified atom stereocenters. The number of oxime groups is 1. The molecule has 25 heavy (non-hydrogen) atoms. The van der Waals surface area contributed by atoms with Gasteiger partial charge in [0.15, 0.2) is 0 Å². The van der Waals surface area contributed by atoms with Crippen molar-refractivity contribution in [3.8, 4) is 0 Å². The van der Waals surface area contributed by atoms with Gasteiger partial charge in [0.1, 0.15) is 6.61 Å². The fourth-order valence-corrected chi connectivity index (χ4v) is 3.48. The molecule has 3 nitrogen and oxygen atoms in total. The number of allylic oxidation sites excluding steroid dienone is 1. The van der Waals surface area contributed by atoms with E-state index in [1.54, 1.807) is 0 Å². The molecule has 1 saturated carbocycles. The monoisotopic (exact) mass is 342 g/mol. The van der Waals surface area contributed by atoms with E-state index in [1.165, 1.54) is 30.4 Å². The molecule has 0 spiro atoms. The van der Waals surface area contributed by atoms with Crippen molar-refractivity contribution in [3.63, 3.8) is 0 Å². The fraction of sp³-hybridized carbons (Fsp3) is 0.591. The van der Waals surface area contributed by atoms with Gasteiger partial charge in [0, 0.05) is 18.6 Å². The van der Waals surface area contributed by atoms with Crippen molar-refractivity contribution >= 4 is 11.8 Å². The zero-order valence-electron chi connectivity index (χ0n) is 16.4. The quantitative estimate of drug-likeness (QED) is 0.370. The van der Waals surface area contributed by atoms with E-state index in [0.717, 1.165) is 25.1 Å². The van der Waals surface area contributed by atoms with E-state index in [2.05, 4.69) is 74.2 Å². The highest BCUT2D eigenvalue weighted by atomic mass is 16.6. The van der Waals surface area contributed by atoms with Crippen molar-refractivity contribution in [2.75, 3.05) is 13.2 Å². The molecule has 1 aromatic rings. The van der Waals surface area contributed by atoms with Crippen molar-refractivity contribution in [1.82, 2.24) is 4.90 Å². The van der Waals surface area contributed by atoms with Gasteiger partial charge >= 0.3 is 0 Å². The smallest absolute Gasteiger partial charge is 0.129 e. The lowest BCUT2D eigenvalue weighted by atomic mass is 10.0. The van der Waals surface area contributed by atoms with Crippen LogP contribution in [0.1, 0.15) is 65.4 Å². The molecule has 0 saturated heterocycles. The van der Waals surface area contributed by atoms with E-state index in [4.69, 9.17) is 4.84 Å². The topological polar surface area (TPSA) is 24.8 Å². The summed E-state index contributed by atoms with van der Waals surface area (Å²) in [5.41, 5.74) is 3.73. The van der Waals surface area contributed by atoms with Crippen LogP contribution >= 0.6 is 0 Å². The van der Waals surface area contributed by atoms with Crippen LogP contribution in [0, 0.1) is 0 Å². The van der Waals surface area contributed by atoms with Crippen molar-refractivity contribution in [2.45, 2.75) is 71.9 Å². The Balaban J connectivity index is 2.00. The molecule has 0 atom stereocenters. The highest BCUT2D eigenvalue weighted by Gasteiger charge is 2.14. The molecule has 1 fully saturated rings. The number of hydrogen-bond acceptors (Lipinski definition) is 3. The molecule has 0 aromatic heterocycles. The molecule has 1 aliphatic rings. The second-order valence-electron chi connectivity index (χ2n) is 7.44. The van der Waals surface area contributed by atoms with Crippen molar-refractivity contribution in [1.29, 1.82) is 0 Å². The van der Waals surface area contributed by atoms with Gasteiger partial charge in [-0.25, -0.2) is 0 Å². The number of hydrogen-bond donors (Lipinski definition) is 0. The average Bonchev–Trinajstić information content (AvgIpc) is 2.80. The normalized spacial score (nSPS) is 19.2. The van der Waals surface area contributed by atoms with Gasteiger partial charge in [-0.1, -0.05) is 41.9 Å². The van der Waals surface area contributed by atoms with Crippen LogP contribution in [-0.4, -0.2) is 35.8 Å². The molecule has 0 bridgehead atoms. The second-order valence-corrected chi connectivity index (χ2v) is 7.44. The van der Waals surface area contributed by atoms with E-state index in [1.807, 2.05) is 0 Å². The number of nitrogens with zero attached hydrogens (tertiary/aromatic N) is 2. The lowest BCUT2D eigenvalue weighted by Gasteiger charge is -2.29. The van der Waals surface area contributed by atoms with E-state index in [9.17, 15) is 0 Å². The first kappa shape index (κ1) is 19.7. The summed E-state index contributed by atoms with van der Waals surface area (Å²) < 4.78 is 0. The van der Waals surface area contributed by atoms with E-state index in [-0.39, 0.29) is 0 Å². The largest absolute Gasteiger partial charge is 0.394 e. The van der Waals surface area contributed by atoms with Crippen LogP contribution in [0.25, 0.3) is 6.08 Å². The summed E-state index contributed by atoms with van der Waals surface area (Å²) in [6, 6.07) is 11.6. The van der Waals surface area contributed by atoms with Crippen molar-refractivity contribution < 1.29 is 4.84 Å². The highest BCUT2D eigenvalue weighted by molar-refractivity contribution is 6.03. The summed E-state index contributed by atoms with van der Waals surface area (Å²) in [5.74, 6) is 0. The minimum atomic E-state index is 0.530. The predicted molar refractivity (Wildman–Crippen MR) is 108 cm³/mol. The maximum absolute atomic E-state index is 5.73. The predicted octanol–water partition coefficient (Wildman–Crippen LogP) is 5.53. The third-order valence-corrected chi connectivity index (χ3v) is 4.81. The van der Waals surface area contributed by atoms with Crippen molar-refractivity contribution in [3.05, 3.63) is 41.5 Å². The summed E-state index contributed by atoms with van der Waals surface area (Å²) in [4.78, 5) is 8.17. The van der Waals surface area contributed by atoms with Gasteiger partial charge in [0.2, 0.25) is 0 Å². The molecule has 1 aliphatic carbocycles. The van der Waals surface area contributed by atoms with Crippen LogP contribution in [0.2, 0.25) is 0 Å². The average molecular weight is 343 g/mol. The van der Waals surface area contributed by atoms with Crippen LogP contribution < -0.4 is 0 Å². The van der Waals surface area contributed by atoms with Gasteiger partial charge in [-0.05, 0) is 70.6 Å². The van der Waals surface area contributed by atoms with Gasteiger partial charge < -0.3 is 4.84 Å². The molecule has 2 rings (SSSR count). The Morgan fingerprint density at radius 3 is 2.36 bits per heavy atom. The maximum Gasteiger partial charge on any atom is 0.129 e. The molecular weight excluding hydrogens is 308 g/mol. The summed E-state index contributed by atoms with van der Waals surface area (Å²) >= 11 is 0. The van der Waals surface area contributed by atoms with E-state index < -0.39 is 0 Å². The Hall–Kier alpha value is -1.61. The van der Waals surface area contributed by atoms with Crippen molar-refractivity contribution in [2.24, 2.45) is 5.16 Å². The van der Waals surface area contributed by atoms with Gasteiger partial charge in [-0.15, -0.1) is 0 Å². The summed E-state index contributed by atoms with van der Waals surface area (Å²) in [6.45, 7) is 10.5. The van der Waals surface area contributed by atoms with Crippen LogP contribution in [0.15, 0.2) is 41.1 Å². The molecular formula is C22H34N2O. The summed E-state index contributed by atoms with van der Waals surface area (Å²) in [7, 11) is 0. The first-order chi connectivity index (χ1) is 12.1. The van der Waals surface area contributed by atoms with Gasteiger partial charge in [-0.2, -0.15) is 0 Å². The SMILES string of the molecule is CC(C)N(CCON=C1CCCCC/C1=C\c1ccccc1)C(C)C. The Morgan fingerprint density at radius 1 is 1.00 bits per heavy atom. The first-order valence-corrected chi connectivity index (χ1v) is 9.78. The third-order valence-electron chi connectivity index (χ3n) is 4.81. The lowest BCUT2D eigenvalue weighted by molar-refractivity contribution is 0.0826. The maximum atomic E-state index is 5.73. The molecule has 0 radical (unpaired) electrons. The molecule has 0 amide bonds. The first-order valence-electron chi connectivity index (χ1n) is 9.78. The van der Waals surface area contributed by atoms with E-state index in [0.29, 0.717) is 18.7 Å². The van der Waals surface area contributed by atoms with Crippen LogP contribution in [0.4, 0.5) is 0 Å². The Morgan fingerprint density at radius 2 is 1.68 bits per heavy atom. The van der Waals surface area contributed by atoms with Crippen LogP contribution in [-0.2, 0) is 4.84 Å². The molecule has 138 valence electrons. The van der Waals surface area contributed by atoms with Gasteiger partial charge in [0.05, 0.1) is 5.71 Å². The van der Waals surface area contributed by atoms with Gasteiger partial charge in [0.25, 0.3) is 0 Å². The molecule has 0 aliphatic heterocycles. The summed E-state index contributed by atoms with van der Waals surface area (Å²) in [6.07, 6.45) is 8.13. The zero-order chi connectivity index (χ0) is 18.1. The fourth-order valence-electron chi connectivity index (χ4n) is 3.48. The third kappa shape index (κ3) is 6.66. The minimum Gasteiger partial charge on any atom is -0.394 e. The second kappa shape index (κ2) is 10.4. The molecule has 3 heteroatoms. The van der Waals surface area contributed by atoms with Gasteiger partial charge in [-0.3, -0.25) is 4.90 Å². The Labute approximate surface area is 153 Å². The highest BCUT2D eigenvalue weighted by Crippen LogP contribution is 2.23.